The summed E-state index contributed by atoms with van der Waals surface area (Å²) in [5.74, 6) is -0.224. The van der Waals surface area contributed by atoms with E-state index in [-0.39, 0.29) is 11.9 Å². The van der Waals surface area contributed by atoms with Crippen molar-refractivity contribution < 1.29 is 9.13 Å². The summed E-state index contributed by atoms with van der Waals surface area (Å²) in [6.45, 7) is 2.19. The summed E-state index contributed by atoms with van der Waals surface area (Å²) in [6.07, 6.45) is 0.666. The number of hydrogen-bond donors (Lipinski definition) is 0. The molecule has 2 aromatic carbocycles. The van der Waals surface area contributed by atoms with Crippen LogP contribution in [-0.4, -0.2) is 29.9 Å². The fourth-order valence-electron chi connectivity index (χ4n) is 2.97. The van der Waals surface area contributed by atoms with Crippen LogP contribution >= 0.6 is 27.3 Å². The first-order valence-corrected chi connectivity index (χ1v) is 9.98. The Balaban J connectivity index is 1.47. The average molecular weight is 434 g/mol. The Morgan fingerprint density at radius 1 is 1.15 bits per heavy atom. The Kier molecular flexibility index (Phi) is 5.28. The van der Waals surface area contributed by atoms with Gasteiger partial charge >= 0.3 is 0 Å². The van der Waals surface area contributed by atoms with Crippen LogP contribution < -0.4 is 4.90 Å². The minimum atomic E-state index is -0.224. The van der Waals surface area contributed by atoms with Gasteiger partial charge in [0.2, 0.25) is 5.13 Å². The van der Waals surface area contributed by atoms with Gasteiger partial charge in [0.25, 0.3) is 0 Å². The van der Waals surface area contributed by atoms with E-state index >= 15 is 0 Å². The lowest BCUT2D eigenvalue weighted by Gasteiger charge is -2.33. The third kappa shape index (κ3) is 3.95. The molecule has 1 aromatic heterocycles. The quantitative estimate of drug-likeness (QED) is 0.601. The number of nitrogens with zero attached hydrogens (tertiary/aromatic N) is 3. The van der Waals surface area contributed by atoms with Crippen LogP contribution in [0.2, 0.25) is 0 Å². The molecule has 3 aromatic rings. The van der Waals surface area contributed by atoms with Crippen molar-refractivity contribution in [1.82, 2.24) is 10.2 Å². The van der Waals surface area contributed by atoms with Crippen LogP contribution in [-0.2, 0) is 11.2 Å². The van der Waals surface area contributed by atoms with Crippen molar-refractivity contribution >= 4 is 32.4 Å². The van der Waals surface area contributed by atoms with Crippen molar-refractivity contribution in [1.29, 1.82) is 0 Å². The molecule has 26 heavy (non-hydrogen) atoms. The number of benzene rings is 2. The Bertz CT molecular complexity index is 887. The summed E-state index contributed by atoms with van der Waals surface area (Å²) in [6, 6.07) is 14.7. The van der Waals surface area contributed by atoms with Gasteiger partial charge in [-0.25, -0.2) is 4.39 Å². The van der Waals surface area contributed by atoms with Crippen LogP contribution in [0.1, 0.15) is 22.2 Å². The van der Waals surface area contributed by atoms with E-state index in [4.69, 9.17) is 4.74 Å². The molecule has 134 valence electrons. The van der Waals surface area contributed by atoms with Crippen molar-refractivity contribution in [3.63, 3.8) is 0 Å². The van der Waals surface area contributed by atoms with Gasteiger partial charge in [0, 0.05) is 17.4 Å². The van der Waals surface area contributed by atoms with E-state index < -0.39 is 0 Å². The average Bonchev–Trinajstić information content (AvgIpc) is 3.13. The Hall–Kier alpha value is -1.83. The number of ether oxygens (including phenoxy) is 1. The molecule has 0 amide bonds. The van der Waals surface area contributed by atoms with Crippen molar-refractivity contribution in [2.75, 3.05) is 24.6 Å². The molecule has 0 bridgehead atoms. The van der Waals surface area contributed by atoms with Crippen molar-refractivity contribution in [3.05, 3.63) is 75.0 Å². The molecule has 4 nitrogen and oxygen atoms in total. The molecule has 7 heteroatoms. The van der Waals surface area contributed by atoms with E-state index in [2.05, 4.69) is 37.1 Å². The first-order valence-electron chi connectivity index (χ1n) is 8.37. The number of rotatable bonds is 4. The van der Waals surface area contributed by atoms with Crippen molar-refractivity contribution in [2.45, 2.75) is 12.5 Å². The standard InChI is InChI=1S/C19H17BrFN3OS/c20-16-4-2-1-3-15(16)17-12-24(9-10-25-17)19-23-22-18(26-19)11-13-5-7-14(21)8-6-13/h1-8,17H,9-12H2. The third-order valence-electron chi connectivity index (χ3n) is 4.31. The number of aromatic nitrogens is 2. The normalized spacial score (nSPS) is 17.5. The second-order valence-electron chi connectivity index (χ2n) is 6.11. The highest BCUT2D eigenvalue weighted by Crippen LogP contribution is 2.32. The molecule has 1 atom stereocenters. The lowest BCUT2D eigenvalue weighted by molar-refractivity contribution is 0.0393. The van der Waals surface area contributed by atoms with Gasteiger partial charge in [-0.15, -0.1) is 10.2 Å². The van der Waals surface area contributed by atoms with Gasteiger partial charge in [0.05, 0.1) is 13.2 Å². The van der Waals surface area contributed by atoms with Crippen LogP contribution in [0.4, 0.5) is 9.52 Å². The van der Waals surface area contributed by atoms with Gasteiger partial charge in [-0.05, 0) is 29.3 Å². The third-order valence-corrected chi connectivity index (χ3v) is 6.02. The summed E-state index contributed by atoms with van der Waals surface area (Å²) in [5, 5.41) is 10.5. The van der Waals surface area contributed by atoms with Gasteiger partial charge < -0.3 is 9.64 Å². The summed E-state index contributed by atoms with van der Waals surface area (Å²) in [4.78, 5) is 2.22. The summed E-state index contributed by atoms with van der Waals surface area (Å²) in [5.41, 5.74) is 2.18. The largest absolute Gasteiger partial charge is 0.370 e. The topological polar surface area (TPSA) is 38.2 Å². The van der Waals surface area contributed by atoms with Gasteiger partial charge in [-0.3, -0.25) is 0 Å². The monoisotopic (exact) mass is 433 g/mol. The second kappa shape index (κ2) is 7.82. The van der Waals surface area contributed by atoms with Gasteiger partial charge in [0.15, 0.2) is 0 Å². The molecule has 1 saturated heterocycles. The molecule has 0 saturated carbocycles. The summed E-state index contributed by atoms with van der Waals surface area (Å²) in [7, 11) is 0. The number of anilines is 1. The van der Waals surface area contributed by atoms with Crippen LogP contribution in [0.15, 0.2) is 53.0 Å². The number of morpholine rings is 1. The molecule has 0 radical (unpaired) electrons. The fraction of sp³-hybridized carbons (Fsp3) is 0.263. The van der Waals surface area contributed by atoms with Crippen LogP contribution in [0.3, 0.4) is 0 Å². The fourth-order valence-corrected chi connectivity index (χ4v) is 4.42. The first kappa shape index (κ1) is 17.6. The summed E-state index contributed by atoms with van der Waals surface area (Å²) < 4.78 is 20.0. The van der Waals surface area contributed by atoms with E-state index in [0.717, 1.165) is 38.8 Å². The second-order valence-corrected chi connectivity index (χ2v) is 8.00. The van der Waals surface area contributed by atoms with E-state index in [1.807, 2.05) is 18.2 Å². The van der Waals surface area contributed by atoms with E-state index in [1.54, 1.807) is 23.5 Å². The Labute approximate surface area is 163 Å². The highest BCUT2D eigenvalue weighted by molar-refractivity contribution is 9.10. The highest BCUT2D eigenvalue weighted by atomic mass is 79.9. The maximum absolute atomic E-state index is 13.0. The maximum Gasteiger partial charge on any atom is 0.208 e. The zero-order chi connectivity index (χ0) is 17.9. The lowest BCUT2D eigenvalue weighted by atomic mass is 10.1. The van der Waals surface area contributed by atoms with E-state index in [0.29, 0.717) is 13.0 Å². The Morgan fingerprint density at radius 3 is 2.77 bits per heavy atom. The molecule has 2 heterocycles. The van der Waals surface area contributed by atoms with Crippen LogP contribution in [0.5, 0.6) is 0 Å². The minimum absolute atomic E-state index is 0.00349. The zero-order valence-electron chi connectivity index (χ0n) is 13.9. The van der Waals surface area contributed by atoms with E-state index in [9.17, 15) is 4.39 Å². The minimum Gasteiger partial charge on any atom is -0.370 e. The highest BCUT2D eigenvalue weighted by Gasteiger charge is 2.25. The van der Waals surface area contributed by atoms with Crippen molar-refractivity contribution in [2.24, 2.45) is 0 Å². The van der Waals surface area contributed by atoms with E-state index in [1.165, 1.54) is 12.1 Å². The zero-order valence-corrected chi connectivity index (χ0v) is 16.3. The molecular formula is C19H17BrFN3OS. The predicted octanol–water partition coefficient (Wildman–Crippen LogP) is 4.61. The van der Waals surface area contributed by atoms with Crippen LogP contribution in [0, 0.1) is 5.82 Å². The molecule has 1 aliphatic heterocycles. The number of halogens is 2. The SMILES string of the molecule is Fc1ccc(Cc2nnc(N3CCOC(c4ccccc4Br)C3)s2)cc1. The number of hydrogen-bond acceptors (Lipinski definition) is 5. The molecule has 0 spiro atoms. The molecule has 1 aliphatic rings. The van der Waals surface area contributed by atoms with Gasteiger partial charge in [-0.1, -0.05) is 57.6 Å². The first-order chi connectivity index (χ1) is 12.7. The maximum atomic E-state index is 13.0. The molecular weight excluding hydrogens is 417 g/mol. The Morgan fingerprint density at radius 2 is 1.96 bits per heavy atom. The van der Waals surface area contributed by atoms with Gasteiger partial charge in [-0.2, -0.15) is 0 Å². The summed E-state index contributed by atoms with van der Waals surface area (Å²) >= 11 is 5.19. The molecule has 1 fully saturated rings. The molecule has 4 rings (SSSR count). The smallest absolute Gasteiger partial charge is 0.208 e. The lowest BCUT2D eigenvalue weighted by Crippen LogP contribution is -2.38. The molecule has 0 aliphatic carbocycles. The van der Waals surface area contributed by atoms with Crippen molar-refractivity contribution in [3.8, 4) is 0 Å². The predicted molar refractivity (Wildman–Crippen MR) is 104 cm³/mol. The molecule has 1 unspecified atom stereocenters. The van der Waals surface area contributed by atoms with Gasteiger partial charge in [0.1, 0.15) is 16.9 Å². The van der Waals surface area contributed by atoms with Crippen LogP contribution in [0.25, 0.3) is 0 Å². The molecule has 0 N–H and O–H groups in total.